The summed E-state index contributed by atoms with van der Waals surface area (Å²) in [6.45, 7) is 13.0. The zero-order chi connectivity index (χ0) is 11.7. The maximum Gasteiger partial charge on any atom is -0.0323 e. The molecule has 0 saturated carbocycles. The van der Waals surface area contributed by atoms with E-state index in [2.05, 4.69) is 40.3 Å². The van der Waals surface area contributed by atoms with E-state index < -0.39 is 0 Å². The Kier molecular flexibility index (Phi) is 8.46. The summed E-state index contributed by atoms with van der Waals surface area (Å²) in [6.07, 6.45) is 9.98. The monoisotopic (exact) mass is 208 g/mol. The summed E-state index contributed by atoms with van der Waals surface area (Å²) >= 11 is 0. The van der Waals surface area contributed by atoms with Gasteiger partial charge in [-0.1, -0.05) is 44.1 Å². The van der Waals surface area contributed by atoms with Crippen LogP contribution in [0.2, 0.25) is 0 Å². The molecule has 0 heterocycles. The summed E-state index contributed by atoms with van der Waals surface area (Å²) < 4.78 is 0. The third-order valence-electron chi connectivity index (χ3n) is 2.94. The Hall–Kier alpha value is -0.520. The van der Waals surface area contributed by atoms with E-state index in [4.69, 9.17) is 0 Å². The lowest BCUT2D eigenvalue weighted by Gasteiger charge is -2.10. The lowest BCUT2D eigenvalue weighted by Crippen LogP contribution is -1.94. The predicted octanol–water partition coefficient (Wildman–Crippen LogP) is 5.51. The van der Waals surface area contributed by atoms with Crippen LogP contribution in [-0.2, 0) is 0 Å². The number of hydrogen-bond acceptors (Lipinski definition) is 0. The van der Waals surface area contributed by atoms with Crippen molar-refractivity contribution in [1.82, 2.24) is 0 Å². The van der Waals surface area contributed by atoms with Crippen molar-refractivity contribution in [3.63, 3.8) is 0 Å². The van der Waals surface area contributed by atoms with Crippen LogP contribution in [0.5, 0.6) is 0 Å². The van der Waals surface area contributed by atoms with Crippen LogP contribution >= 0.6 is 0 Å². The molecular weight excluding hydrogens is 180 g/mol. The van der Waals surface area contributed by atoms with Gasteiger partial charge in [0.1, 0.15) is 0 Å². The fourth-order valence-corrected chi connectivity index (χ4v) is 1.68. The summed E-state index contributed by atoms with van der Waals surface area (Å²) in [4.78, 5) is 0. The van der Waals surface area contributed by atoms with Crippen molar-refractivity contribution >= 4 is 0 Å². The lowest BCUT2D eigenvalue weighted by atomic mass is 9.96. The average Bonchev–Trinajstić information content (AvgIpc) is 2.17. The van der Waals surface area contributed by atoms with Gasteiger partial charge in [0.15, 0.2) is 0 Å². The molecule has 0 saturated heterocycles. The molecule has 0 aromatic rings. The van der Waals surface area contributed by atoms with Gasteiger partial charge >= 0.3 is 0 Å². The van der Waals surface area contributed by atoms with Crippen LogP contribution in [0, 0.1) is 5.92 Å². The fourth-order valence-electron chi connectivity index (χ4n) is 1.68. The Bertz CT molecular complexity index is 194. The van der Waals surface area contributed by atoms with E-state index in [-0.39, 0.29) is 0 Å². The van der Waals surface area contributed by atoms with E-state index in [1.54, 1.807) is 0 Å². The van der Waals surface area contributed by atoms with Crippen molar-refractivity contribution in [2.45, 2.75) is 66.2 Å². The Labute approximate surface area is 96.5 Å². The number of allylic oxidation sites excluding steroid dienone is 3. The molecule has 0 aliphatic heterocycles. The van der Waals surface area contributed by atoms with Crippen LogP contribution in [0.1, 0.15) is 66.2 Å². The van der Waals surface area contributed by atoms with Crippen molar-refractivity contribution in [2.75, 3.05) is 0 Å². The molecule has 0 aliphatic rings. The summed E-state index contributed by atoms with van der Waals surface area (Å²) in [5.74, 6) is 0.866. The highest BCUT2D eigenvalue weighted by Crippen LogP contribution is 2.17. The molecule has 88 valence electrons. The van der Waals surface area contributed by atoms with E-state index in [1.165, 1.54) is 43.3 Å². The maximum absolute atomic E-state index is 4.05. The quantitative estimate of drug-likeness (QED) is 0.462. The van der Waals surface area contributed by atoms with Crippen LogP contribution in [0.15, 0.2) is 23.8 Å². The topological polar surface area (TPSA) is 0 Å². The molecule has 0 bridgehead atoms. The van der Waals surface area contributed by atoms with E-state index in [9.17, 15) is 0 Å². The van der Waals surface area contributed by atoms with Gasteiger partial charge in [0.05, 0.1) is 0 Å². The molecule has 0 aromatic heterocycles. The van der Waals surface area contributed by atoms with Crippen LogP contribution in [0.3, 0.4) is 0 Å². The van der Waals surface area contributed by atoms with Gasteiger partial charge in [0.2, 0.25) is 0 Å². The summed E-state index contributed by atoms with van der Waals surface area (Å²) in [6, 6.07) is 0. The van der Waals surface area contributed by atoms with Crippen molar-refractivity contribution in [1.29, 1.82) is 0 Å². The maximum atomic E-state index is 4.05. The first-order valence-corrected chi connectivity index (χ1v) is 6.36. The largest absolute Gasteiger partial charge is 0.0999 e. The summed E-state index contributed by atoms with van der Waals surface area (Å²) in [5.41, 5.74) is 2.85. The van der Waals surface area contributed by atoms with Crippen molar-refractivity contribution in [2.24, 2.45) is 5.92 Å². The minimum atomic E-state index is 0.866. The van der Waals surface area contributed by atoms with E-state index in [0.29, 0.717) is 0 Å². The predicted molar refractivity (Wildman–Crippen MR) is 71.1 cm³/mol. The second-order valence-corrected chi connectivity index (χ2v) is 4.96. The molecule has 0 rings (SSSR count). The molecule has 0 spiro atoms. The fraction of sp³-hybridized carbons (Fsp3) is 0.733. The van der Waals surface area contributed by atoms with Gasteiger partial charge in [-0.3, -0.25) is 0 Å². The van der Waals surface area contributed by atoms with Gasteiger partial charge in [0.25, 0.3) is 0 Å². The molecule has 1 unspecified atom stereocenters. The zero-order valence-corrected chi connectivity index (χ0v) is 11.1. The van der Waals surface area contributed by atoms with Gasteiger partial charge in [0, 0.05) is 0 Å². The molecule has 0 amide bonds. The molecule has 1 atom stereocenters. The Morgan fingerprint density at radius 3 is 2.47 bits per heavy atom. The standard InChI is InChI=1S/C15H28/c1-6-14(4)10-8-12-15(5)11-7-9-13(2)3/h9,15H,4,6-8,10-12H2,1-3,5H3. The van der Waals surface area contributed by atoms with Crippen LogP contribution < -0.4 is 0 Å². The average molecular weight is 208 g/mol. The minimum Gasteiger partial charge on any atom is -0.0999 e. The van der Waals surface area contributed by atoms with Gasteiger partial charge in [-0.2, -0.15) is 0 Å². The van der Waals surface area contributed by atoms with E-state index in [1.807, 2.05) is 0 Å². The molecule has 0 nitrogen and oxygen atoms in total. The van der Waals surface area contributed by atoms with Crippen molar-refractivity contribution < 1.29 is 0 Å². The van der Waals surface area contributed by atoms with Crippen molar-refractivity contribution in [3.05, 3.63) is 23.8 Å². The number of rotatable bonds is 8. The summed E-state index contributed by atoms with van der Waals surface area (Å²) in [5, 5.41) is 0. The summed E-state index contributed by atoms with van der Waals surface area (Å²) in [7, 11) is 0. The highest BCUT2D eigenvalue weighted by atomic mass is 14.1. The van der Waals surface area contributed by atoms with Crippen LogP contribution in [0.25, 0.3) is 0 Å². The van der Waals surface area contributed by atoms with E-state index >= 15 is 0 Å². The third-order valence-corrected chi connectivity index (χ3v) is 2.94. The first kappa shape index (κ1) is 14.5. The zero-order valence-electron chi connectivity index (χ0n) is 11.1. The molecule has 0 aromatic carbocycles. The Morgan fingerprint density at radius 1 is 1.27 bits per heavy atom. The van der Waals surface area contributed by atoms with E-state index in [0.717, 1.165) is 12.3 Å². The van der Waals surface area contributed by atoms with Crippen LogP contribution in [0.4, 0.5) is 0 Å². The minimum absolute atomic E-state index is 0.866. The first-order valence-electron chi connectivity index (χ1n) is 6.36. The number of hydrogen-bond donors (Lipinski definition) is 0. The second-order valence-electron chi connectivity index (χ2n) is 4.96. The van der Waals surface area contributed by atoms with Gasteiger partial charge in [-0.25, -0.2) is 0 Å². The van der Waals surface area contributed by atoms with Crippen LogP contribution in [-0.4, -0.2) is 0 Å². The normalized spacial score (nSPS) is 12.3. The molecule has 0 heteroatoms. The molecule has 0 fully saturated rings. The molecule has 0 aliphatic carbocycles. The molecule has 0 radical (unpaired) electrons. The van der Waals surface area contributed by atoms with Gasteiger partial charge in [-0.05, 0) is 51.9 Å². The molecule has 0 N–H and O–H groups in total. The first-order chi connectivity index (χ1) is 7.06. The Morgan fingerprint density at radius 2 is 1.93 bits per heavy atom. The molecular formula is C15H28. The highest BCUT2D eigenvalue weighted by Gasteiger charge is 2.01. The third kappa shape index (κ3) is 9.78. The van der Waals surface area contributed by atoms with Gasteiger partial charge in [-0.15, -0.1) is 0 Å². The Balaban J connectivity index is 3.45. The second kappa shape index (κ2) is 8.76. The van der Waals surface area contributed by atoms with Gasteiger partial charge < -0.3 is 0 Å². The smallest absolute Gasteiger partial charge is 0.0323 e. The highest BCUT2D eigenvalue weighted by molar-refractivity contribution is 4.93. The SMILES string of the molecule is C=C(CC)CCCC(C)CCC=C(C)C. The van der Waals surface area contributed by atoms with Crippen molar-refractivity contribution in [3.8, 4) is 0 Å². The molecule has 15 heavy (non-hydrogen) atoms. The lowest BCUT2D eigenvalue weighted by molar-refractivity contribution is 0.477.